The van der Waals surface area contributed by atoms with E-state index in [1.54, 1.807) is 30.6 Å². The first kappa shape index (κ1) is 34.9. The maximum atomic E-state index is 14.4. The van der Waals surface area contributed by atoms with Crippen LogP contribution in [0.1, 0.15) is 70.9 Å². The van der Waals surface area contributed by atoms with E-state index in [1.807, 2.05) is 39.8 Å². The molecule has 2 unspecified atom stereocenters. The number of halogens is 1. The monoisotopic (exact) mass is 714 g/mol. The first-order chi connectivity index (χ1) is 23.1. The molecule has 1 aromatic heterocycles. The highest BCUT2D eigenvalue weighted by atomic mass is 35.5. The predicted molar refractivity (Wildman–Crippen MR) is 182 cm³/mol. The van der Waals surface area contributed by atoms with Crippen molar-refractivity contribution in [1.82, 2.24) is 24.8 Å². The second kappa shape index (κ2) is 13.1. The van der Waals surface area contributed by atoms with E-state index in [-0.39, 0.29) is 31.8 Å². The van der Waals surface area contributed by atoms with Crippen LogP contribution in [0.2, 0.25) is 5.02 Å². The fraction of sp³-hybridized carbons (Fsp3) is 0.559. The van der Waals surface area contributed by atoms with Crippen molar-refractivity contribution in [2.45, 2.75) is 102 Å². The minimum Gasteiger partial charge on any atom is -0.444 e. The lowest BCUT2D eigenvalue weighted by Gasteiger charge is -2.36. The van der Waals surface area contributed by atoms with Crippen LogP contribution in [0.5, 0.6) is 0 Å². The van der Waals surface area contributed by atoms with E-state index < -0.39 is 68.2 Å². The summed E-state index contributed by atoms with van der Waals surface area (Å²) in [4.78, 5) is 62.5. The maximum Gasteiger partial charge on any atom is 0.410 e. The number of nitrogens with one attached hydrogen (secondary N) is 3. The normalized spacial score (nSPS) is 25.3. The molecule has 4 amide bonds. The molecule has 6 rings (SSSR count). The summed E-state index contributed by atoms with van der Waals surface area (Å²) < 4.78 is 33.4. The Kier molecular flexibility index (Phi) is 9.33. The van der Waals surface area contributed by atoms with Crippen molar-refractivity contribution >= 4 is 51.1 Å². The summed E-state index contributed by atoms with van der Waals surface area (Å²) in [6, 6.07) is 7.11. The first-order valence-electron chi connectivity index (χ1n) is 16.7. The van der Waals surface area contributed by atoms with Gasteiger partial charge >= 0.3 is 6.09 Å². The molecule has 0 spiro atoms. The lowest BCUT2D eigenvalue weighted by atomic mass is 9.85. The average Bonchev–Trinajstić information content (AvgIpc) is 3.94. The van der Waals surface area contributed by atoms with Crippen molar-refractivity contribution in [3.63, 3.8) is 0 Å². The Morgan fingerprint density at radius 3 is 2.49 bits per heavy atom. The van der Waals surface area contributed by atoms with Gasteiger partial charge in [0.2, 0.25) is 21.8 Å². The predicted octanol–water partition coefficient (Wildman–Crippen LogP) is 3.58. The Bertz CT molecular complexity index is 1750. The van der Waals surface area contributed by atoms with E-state index in [9.17, 15) is 27.6 Å². The van der Waals surface area contributed by atoms with Gasteiger partial charge in [0.15, 0.2) is 0 Å². The number of carbonyl (C=O) groups is 4. The number of sulfonamides is 1. The first-order valence-corrected chi connectivity index (χ1v) is 18.6. The van der Waals surface area contributed by atoms with Gasteiger partial charge in [0.25, 0.3) is 5.91 Å². The second-order valence-electron chi connectivity index (χ2n) is 14.6. The number of likely N-dealkylation sites (tertiary alicyclic amines) is 1. The SMILES string of the molecule is CC[C@@H]1CC1(NC(=O)C1C[C@@H](OC(=O)N2Cc3cccc(Cl)c3C2)CN1C(=O)[C@@H](Nc1cccnc1)C(C)(C)C)C(=O)NS(=O)(=O)C1CC1. The highest BCUT2D eigenvalue weighted by Gasteiger charge is 2.62. The quantitative estimate of drug-likeness (QED) is 0.333. The molecule has 0 radical (unpaired) electrons. The molecule has 2 aromatic rings. The Morgan fingerprint density at radius 2 is 1.88 bits per heavy atom. The number of fused-ring (bicyclic) bond motifs is 1. The Balaban J connectivity index is 1.23. The van der Waals surface area contributed by atoms with Crippen LogP contribution in [-0.4, -0.2) is 82.5 Å². The number of nitrogens with zero attached hydrogens (tertiary/aromatic N) is 3. The molecule has 15 heteroatoms. The zero-order valence-corrected chi connectivity index (χ0v) is 29.6. The molecule has 3 fully saturated rings. The van der Waals surface area contributed by atoms with Gasteiger partial charge in [-0.05, 0) is 59.9 Å². The van der Waals surface area contributed by atoms with Crippen LogP contribution < -0.4 is 15.4 Å². The molecule has 2 aliphatic heterocycles. The van der Waals surface area contributed by atoms with Crippen molar-refractivity contribution < 1.29 is 32.3 Å². The van der Waals surface area contributed by atoms with E-state index in [4.69, 9.17) is 16.3 Å². The van der Waals surface area contributed by atoms with Gasteiger partial charge in [-0.1, -0.05) is 57.8 Å². The van der Waals surface area contributed by atoms with Gasteiger partial charge in [0.1, 0.15) is 23.7 Å². The fourth-order valence-corrected chi connectivity index (χ4v) is 8.44. The molecule has 3 heterocycles. The summed E-state index contributed by atoms with van der Waals surface area (Å²) in [6.45, 7) is 8.08. The molecule has 2 saturated carbocycles. The van der Waals surface area contributed by atoms with Gasteiger partial charge in [-0.3, -0.25) is 29.0 Å². The molecule has 13 nitrogen and oxygen atoms in total. The van der Waals surface area contributed by atoms with Crippen LogP contribution in [0.4, 0.5) is 10.5 Å². The molecular formula is C34H43ClN6O7S. The lowest BCUT2D eigenvalue weighted by Crippen LogP contribution is -2.58. The number of anilines is 1. The van der Waals surface area contributed by atoms with Crippen LogP contribution >= 0.6 is 11.6 Å². The van der Waals surface area contributed by atoms with Crippen molar-refractivity contribution in [2.24, 2.45) is 11.3 Å². The molecule has 5 atom stereocenters. The van der Waals surface area contributed by atoms with Gasteiger partial charge in [-0.2, -0.15) is 0 Å². The van der Waals surface area contributed by atoms with Gasteiger partial charge < -0.3 is 20.3 Å². The molecule has 2 aliphatic carbocycles. The smallest absolute Gasteiger partial charge is 0.410 e. The third-order valence-corrected chi connectivity index (χ3v) is 12.1. The summed E-state index contributed by atoms with van der Waals surface area (Å²) >= 11 is 6.36. The largest absolute Gasteiger partial charge is 0.444 e. The highest BCUT2D eigenvalue weighted by Crippen LogP contribution is 2.47. The Hall–Kier alpha value is -3.91. The van der Waals surface area contributed by atoms with Gasteiger partial charge in [-0.25, -0.2) is 13.2 Å². The number of rotatable bonds is 10. The summed E-state index contributed by atoms with van der Waals surface area (Å²) in [7, 11) is -3.85. The van der Waals surface area contributed by atoms with Gasteiger partial charge in [0, 0.05) is 30.4 Å². The standard InChI is InChI=1S/C34H43ClN6O7S/c1-5-21-15-34(21,31(44)39-49(46,47)24-11-12-24)38-29(42)27-14-23(48-32(45)40-17-20-8-6-10-26(35)25(20)19-40)18-41(27)30(43)28(33(2,3)4)37-22-9-7-13-36-16-22/h6-10,13,16,21,23-24,27-28,37H,5,11-12,14-15,17-19H2,1-4H3,(H,38,42)(H,39,44)/t21-,23-,27?,28-,34?/m1/s1. The zero-order chi connectivity index (χ0) is 35.3. The van der Waals surface area contributed by atoms with Crippen molar-refractivity contribution in [2.75, 3.05) is 11.9 Å². The molecule has 1 saturated heterocycles. The number of ether oxygens (including phenoxy) is 1. The lowest BCUT2D eigenvalue weighted by molar-refractivity contribution is -0.141. The molecular weight excluding hydrogens is 672 g/mol. The van der Waals surface area contributed by atoms with Crippen LogP contribution in [-0.2, 0) is 42.2 Å². The summed E-state index contributed by atoms with van der Waals surface area (Å²) in [5.74, 6) is -2.05. The Morgan fingerprint density at radius 1 is 1.12 bits per heavy atom. The molecule has 49 heavy (non-hydrogen) atoms. The highest BCUT2D eigenvalue weighted by molar-refractivity contribution is 7.91. The molecule has 264 valence electrons. The second-order valence-corrected chi connectivity index (χ2v) is 17.0. The number of carbonyl (C=O) groups excluding carboxylic acids is 4. The van der Waals surface area contributed by atoms with Crippen LogP contribution in [0.3, 0.4) is 0 Å². The van der Waals surface area contributed by atoms with Crippen molar-refractivity contribution in [1.29, 1.82) is 0 Å². The number of hydrogen-bond donors (Lipinski definition) is 3. The van der Waals surface area contributed by atoms with Crippen molar-refractivity contribution in [3.8, 4) is 0 Å². The molecule has 3 N–H and O–H groups in total. The molecule has 1 aromatic carbocycles. The molecule has 0 bridgehead atoms. The number of amides is 4. The number of hydrogen-bond acceptors (Lipinski definition) is 9. The van der Waals surface area contributed by atoms with Crippen LogP contribution in [0.15, 0.2) is 42.7 Å². The minimum atomic E-state index is -3.85. The summed E-state index contributed by atoms with van der Waals surface area (Å²) in [6.07, 6.45) is 3.56. The number of aromatic nitrogens is 1. The molecule has 4 aliphatic rings. The fourth-order valence-electron chi connectivity index (χ4n) is 6.83. The van der Waals surface area contributed by atoms with E-state index in [0.29, 0.717) is 36.5 Å². The minimum absolute atomic E-state index is 0.0104. The van der Waals surface area contributed by atoms with Gasteiger partial charge in [0.05, 0.1) is 24.0 Å². The average molecular weight is 715 g/mol. The summed E-state index contributed by atoms with van der Waals surface area (Å²) in [5.41, 5.74) is 0.336. The van der Waals surface area contributed by atoms with Gasteiger partial charge in [-0.15, -0.1) is 0 Å². The maximum absolute atomic E-state index is 14.4. The summed E-state index contributed by atoms with van der Waals surface area (Å²) in [5, 5.41) is 6.06. The van der Waals surface area contributed by atoms with Crippen molar-refractivity contribution in [3.05, 3.63) is 58.9 Å². The number of pyridine rings is 1. The topological polar surface area (TPSA) is 167 Å². The third kappa shape index (κ3) is 7.21. The van der Waals surface area contributed by atoms with Crippen LogP contribution in [0, 0.1) is 11.3 Å². The van der Waals surface area contributed by atoms with Crippen LogP contribution in [0.25, 0.3) is 0 Å². The van der Waals surface area contributed by atoms with E-state index in [0.717, 1.165) is 11.1 Å². The third-order valence-electron chi connectivity index (χ3n) is 9.93. The van der Waals surface area contributed by atoms with E-state index in [2.05, 4.69) is 20.3 Å². The number of benzene rings is 1. The Labute approximate surface area is 291 Å². The van der Waals surface area contributed by atoms with E-state index >= 15 is 0 Å². The zero-order valence-electron chi connectivity index (χ0n) is 28.1. The van der Waals surface area contributed by atoms with E-state index in [1.165, 1.54) is 9.80 Å².